The van der Waals surface area contributed by atoms with Gasteiger partial charge in [0.25, 0.3) is 5.56 Å². The first kappa shape index (κ1) is 15.2. The number of halogens is 1. The number of rotatable bonds is 6. The molecule has 23 heavy (non-hydrogen) atoms. The number of nitrogens with zero attached hydrogens (tertiary/aromatic N) is 5. The van der Waals surface area contributed by atoms with Crippen molar-refractivity contribution in [3.63, 3.8) is 0 Å². The number of anilines is 1. The molecule has 0 saturated heterocycles. The quantitative estimate of drug-likeness (QED) is 0.743. The summed E-state index contributed by atoms with van der Waals surface area (Å²) >= 11 is 6.15. The molecule has 0 spiro atoms. The van der Waals surface area contributed by atoms with E-state index in [0.29, 0.717) is 25.3 Å². The minimum Gasteiger partial charge on any atom is -0.381 e. The lowest BCUT2D eigenvalue weighted by atomic mass is 10.2. The molecule has 118 valence electrons. The maximum Gasteiger partial charge on any atom is 0.287 e. The minimum atomic E-state index is -0.318. The third-order valence-electron chi connectivity index (χ3n) is 3.29. The lowest BCUT2D eigenvalue weighted by Crippen LogP contribution is -2.25. The summed E-state index contributed by atoms with van der Waals surface area (Å²) in [5, 5.41) is 15.0. The Bertz CT molecular complexity index is 816. The van der Waals surface area contributed by atoms with E-state index in [9.17, 15) is 4.79 Å². The fourth-order valence-corrected chi connectivity index (χ4v) is 2.33. The second-order valence-electron chi connectivity index (χ2n) is 4.91. The van der Waals surface area contributed by atoms with Crippen molar-refractivity contribution in [2.45, 2.75) is 13.1 Å². The molecule has 0 atom stereocenters. The molecular weight excluding hydrogens is 316 g/mol. The molecule has 3 rings (SSSR count). The van der Waals surface area contributed by atoms with Crippen LogP contribution in [0.5, 0.6) is 0 Å². The van der Waals surface area contributed by atoms with Crippen molar-refractivity contribution >= 4 is 17.3 Å². The summed E-state index contributed by atoms with van der Waals surface area (Å²) in [6.07, 6.45) is 4.94. The highest BCUT2D eigenvalue weighted by Crippen LogP contribution is 2.15. The molecule has 3 aromatic rings. The van der Waals surface area contributed by atoms with Crippen LogP contribution in [-0.4, -0.2) is 31.3 Å². The number of benzene rings is 1. The average molecular weight is 331 g/mol. The van der Waals surface area contributed by atoms with E-state index in [2.05, 4.69) is 20.7 Å². The smallest absolute Gasteiger partial charge is 0.287 e. The molecule has 0 aliphatic rings. The fraction of sp³-hybridized carbons (Fsp3) is 0.200. The van der Waals surface area contributed by atoms with Gasteiger partial charge in [0, 0.05) is 12.7 Å². The summed E-state index contributed by atoms with van der Waals surface area (Å²) in [6, 6.07) is 9.64. The van der Waals surface area contributed by atoms with Crippen LogP contribution < -0.4 is 10.9 Å². The highest BCUT2D eigenvalue weighted by Gasteiger charge is 2.09. The molecule has 0 fully saturated rings. The second-order valence-corrected chi connectivity index (χ2v) is 5.29. The van der Waals surface area contributed by atoms with Gasteiger partial charge in [0.05, 0.1) is 31.2 Å². The van der Waals surface area contributed by atoms with Crippen LogP contribution in [0.4, 0.5) is 5.69 Å². The number of hydrogen-bond acceptors (Lipinski definition) is 5. The molecule has 8 heteroatoms. The topological polar surface area (TPSA) is 77.6 Å². The van der Waals surface area contributed by atoms with Gasteiger partial charge in [-0.15, -0.1) is 5.10 Å². The molecule has 0 saturated carbocycles. The zero-order valence-corrected chi connectivity index (χ0v) is 13.0. The lowest BCUT2D eigenvalue weighted by molar-refractivity contribution is 0.607. The van der Waals surface area contributed by atoms with E-state index in [0.717, 1.165) is 5.56 Å². The molecule has 0 aliphatic heterocycles. The Kier molecular flexibility index (Phi) is 4.68. The molecule has 0 amide bonds. The van der Waals surface area contributed by atoms with E-state index in [-0.39, 0.29) is 10.6 Å². The molecule has 0 aliphatic carbocycles. The standard InChI is InChI=1S/C15H15ClN6O/c16-14-13(17-6-8-21-9-7-18-20-21)10-19-22(15(14)23)11-12-4-2-1-3-5-12/h1-5,7,9-10,17H,6,8,11H2. The van der Waals surface area contributed by atoms with Gasteiger partial charge in [-0.2, -0.15) is 5.10 Å². The van der Waals surface area contributed by atoms with Gasteiger partial charge in [0.15, 0.2) is 0 Å². The van der Waals surface area contributed by atoms with E-state index >= 15 is 0 Å². The molecule has 1 N–H and O–H groups in total. The molecule has 0 bridgehead atoms. The van der Waals surface area contributed by atoms with Crippen molar-refractivity contribution in [1.29, 1.82) is 0 Å². The summed E-state index contributed by atoms with van der Waals surface area (Å²) in [5.74, 6) is 0. The Morgan fingerprint density at radius 1 is 1.22 bits per heavy atom. The van der Waals surface area contributed by atoms with Crippen molar-refractivity contribution in [1.82, 2.24) is 24.8 Å². The summed E-state index contributed by atoms with van der Waals surface area (Å²) in [7, 11) is 0. The van der Waals surface area contributed by atoms with Gasteiger partial charge in [0.2, 0.25) is 0 Å². The summed E-state index contributed by atoms with van der Waals surface area (Å²) in [4.78, 5) is 12.3. The van der Waals surface area contributed by atoms with Crippen LogP contribution in [0.1, 0.15) is 5.56 Å². The van der Waals surface area contributed by atoms with Gasteiger partial charge in [-0.25, -0.2) is 4.68 Å². The van der Waals surface area contributed by atoms with Crippen LogP contribution >= 0.6 is 11.6 Å². The first-order chi connectivity index (χ1) is 11.2. The molecule has 0 unspecified atom stereocenters. The molecular formula is C15H15ClN6O. The van der Waals surface area contributed by atoms with E-state index in [1.165, 1.54) is 4.68 Å². The largest absolute Gasteiger partial charge is 0.381 e. The second kappa shape index (κ2) is 7.06. The Morgan fingerprint density at radius 3 is 2.78 bits per heavy atom. The summed E-state index contributed by atoms with van der Waals surface area (Å²) < 4.78 is 3.03. The fourth-order valence-electron chi connectivity index (χ4n) is 2.11. The molecule has 2 aromatic heterocycles. The zero-order chi connectivity index (χ0) is 16.1. The van der Waals surface area contributed by atoms with Gasteiger partial charge < -0.3 is 5.32 Å². The van der Waals surface area contributed by atoms with Crippen molar-refractivity contribution in [2.24, 2.45) is 0 Å². The van der Waals surface area contributed by atoms with Crippen LogP contribution in [0.3, 0.4) is 0 Å². The number of nitrogens with one attached hydrogen (secondary N) is 1. The Labute approximate surface area is 137 Å². The normalized spacial score (nSPS) is 10.7. The Hall–Kier alpha value is -2.67. The Balaban J connectivity index is 1.69. The molecule has 1 aromatic carbocycles. The zero-order valence-electron chi connectivity index (χ0n) is 12.3. The molecule has 7 nitrogen and oxygen atoms in total. The van der Waals surface area contributed by atoms with Gasteiger partial charge in [-0.3, -0.25) is 9.48 Å². The lowest BCUT2D eigenvalue weighted by Gasteiger charge is -2.10. The van der Waals surface area contributed by atoms with E-state index in [1.54, 1.807) is 23.3 Å². The SMILES string of the molecule is O=c1c(Cl)c(NCCn2ccnn2)cnn1Cc1ccccc1. The summed E-state index contributed by atoms with van der Waals surface area (Å²) in [6.45, 7) is 1.56. The van der Waals surface area contributed by atoms with Crippen LogP contribution in [0.25, 0.3) is 0 Å². The van der Waals surface area contributed by atoms with E-state index < -0.39 is 0 Å². The van der Waals surface area contributed by atoms with Crippen LogP contribution in [0.2, 0.25) is 5.02 Å². The van der Waals surface area contributed by atoms with Crippen molar-refractivity contribution in [3.05, 3.63) is 69.9 Å². The van der Waals surface area contributed by atoms with Crippen molar-refractivity contribution < 1.29 is 0 Å². The third kappa shape index (κ3) is 3.75. The average Bonchev–Trinajstić information content (AvgIpc) is 3.08. The first-order valence-corrected chi connectivity index (χ1v) is 7.49. The van der Waals surface area contributed by atoms with E-state index in [4.69, 9.17) is 11.6 Å². The van der Waals surface area contributed by atoms with Gasteiger partial charge in [-0.1, -0.05) is 47.1 Å². The molecule has 0 radical (unpaired) electrons. The van der Waals surface area contributed by atoms with Gasteiger partial charge >= 0.3 is 0 Å². The highest BCUT2D eigenvalue weighted by molar-refractivity contribution is 6.32. The van der Waals surface area contributed by atoms with Crippen molar-refractivity contribution in [3.8, 4) is 0 Å². The van der Waals surface area contributed by atoms with Crippen molar-refractivity contribution in [2.75, 3.05) is 11.9 Å². The maximum absolute atomic E-state index is 12.3. The number of aromatic nitrogens is 5. The van der Waals surface area contributed by atoms with Gasteiger partial charge in [-0.05, 0) is 5.56 Å². The summed E-state index contributed by atoms with van der Waals surface area (Å²) in [5.41, 5.74) is 1.19. The monoisotopic (exact) mass is 330 g/mol. The minimum absolute atomic E-state index is 0.134. The first-order valence-electron chi connectivity index (χ1n) is 7.11. The predicted octanol–water partition coefficient (Wildman–Crippen LogP) is 1.65. The van der Waals surface area contributed by atoms with Crippen LogP contribution in [0.15, 0.2) is 53.7 Å². The van der Waals surface area contributed by atoms with Gasteiger partial charge in [0.1, 0.15) is 5.02 Å². The number of hydrogen-bond donors (Lipinski definition) is 1. The van der Waals surface area contributed by atoms with Crippen LogP contribution in [0, 0.1) is 0 Å². The highest BCUT2D eigenvalue weighted by atomic mass is 35.5. The van der Waals surface area contributed by atoms with Crippen LogP contribution in [-0.2, 0) is 13.1 Å². The predicted molar refractivity (Wildman–Crippen MR) is 87.6 cm³/mol. The molecule has 2 heterocycles. The maximum atomic E-state index is 12.3. The van der Waals surface area contributed by atoms with E-state index in [1.807, 2.05) is 30.3 Å². The Morgan fingerprint density at radius 2 is 2.04 bits per heavy atom. The third-order valence-corrected chi connectivity index (χ3v) is 3.65.